The van der Waals surface area contributed by atoms with Gasteiger partial charge < -0.3 is 4.74 Å². The van der Waals surface area contributed by atoms with Crippen LogP contribution in [-0.2, 0) is 16.6 Å². The zero-order valence-electron chi connectivity index (χ0n) is 22.4. The van der Waals surface area contributed by atoms with Crippen molar-refractivity contribution >= 4 is 17.5 Å². The summed E-state index contributed by atoms with van der Waals surface area (Å²) >= 11 is 1.40. The monoisotopic (exact) mass is 528 g/mol. The zero-order valence-corrected chi connectivity index (χ0v) is 23.2. The van der Waals surface area contributed by atoms with E-state index in [9.17, 15) is 9.59 Å². The molecule has 1 aromatic heterocycles. The number of aromatic nitrogens is 2. The van der Waals surface area contributed by atoms with Crippen LogP contribution in [0.4, 0.5) is 0 Å². The number of hydrogen-bond donors (Lipinski definition) is 0. The summed E-state index contributed by atoms with van der Waals surface area (Å²) < 4.78 is 7.98. The smallest absolute Gasteiger partial charge is 0.258 e. The normalized spacial score (nSPS) is 21.5. The number of fused-ring (bicyclic) bond motifs is 4. The minimum atomic E-state index is -0.310. The van der Waals surface area contributed by atoms with Crippen molar-refractivity contribution < 1.29 is 9.53 Å². The predicted octanol–water partition coefficient (Wildman–Crippen LogP) is 6.77. The maximum absolute atomic E-state index is 14.7. The van der Waals surface area contributed by atoms with E-state index in [1.165, 1.54) is 23.7 Å². The molecule has 5 nitrogen and oxygen atoms in total. The number of carbonyl (C=O) groups excluding carboxylic acids is 1. The summed E-state index contributed by atoms with van der Waals surface area (Å²) in [6, 6.07) is 17.8. The first kappa shape index (κ1) is 25.6. The van der Waals surface area contributed by atoms with Crippen LogP contribution in [0.3, 0.4) is 0 Å². The number of thioether (sulfide) groups is 1. The molecule has 2 aromatic carbocycles. The Morgan fingerprint density at radius 3 is 2.55 bits per heavy atom. The fraction of sp³-hybridized carbons (Fsp3) is 0.469. The van der Waals surface area contributed by atoms with Crippen molar-refractivity contribution in [1.82, 2.24) is 9.55 Å². The van der Waals surface area contributed by atoms with Crippen LogP contribution < -0.4 is 5.56 Å². The summed E-state index contributed by atoms with van der Waals surface area (Å²) in [5.74, 6) is 0.292. The fourth-order valence-electron chi connectivity index (χ4n) is 6.88. The molecule has 1 saturated carbocycles. The second kappa shape index (κ2) is 10.1. The van der Waals surface area contributed by atoms with Gasteiger partial charge in [-0.1, -0.05) is 85.6 Å². The van der Waals surface area contributed by atoms with Gasteiger partial charge in [-0.15, -0.1) is 0 Å². The van der Waals surface area contributed by atoms with Crippen LogP contribution >= 0.6 is 11.8 Å². The average molecular weight is 529 g/mol. The van der Waals surface area contributed by atoms with Gasteiger partial charge in [0, 0.05) is 29.2 Å². The van der Waals surface area contributed by atoms with Crippen LogP contribution in [-0.4, -0.2) is 33.3 Å². The summed E-state index contributed by atoms with van der Waals surface area (Å²) in [7, 11) is 0. The fourth-order valence-corrected chi connectivity index (χ4v) is 7.84. The lowest BCUT2D eigenvalue weighted by Crippen LogP contribution is -2.45. The van der Waals surface area contributed by atoms with Gasteiger partial charge in [-0.2, -0.15) is 0 Å². The number of Topliss-reactive ketones (excluding diaryl/α,β-unsaturated/α-hetero) is 1. The van der Waals surface area contributed by atoms with E-state index in [1.807, 2.05) is 41.0 Å². The van der Waals surface area contributed by atoms with Crippen molar-refractivity contribution in [3.8, 4) is 11.3 Å². The van der Waals surface area contributed by atoms with E-state index in [0.717, 1.165) is 61.8 Å². The lowest BCUT2D eigenvalue weighted by atomic mass is 9.62. The Labute approximate surface area is 229 Å². The second-order valence-electron chi connectivity index (χ2n) is 11.8. The molecule has 1 aliphatic heterocycles. The van der Waals surface area contributed by atoms with Crippen LogP contribution in [0, 0.1) is 0 Å². The molecule has 1 saturated heterocycles. The molecule has 1 spiro atoms. The molecule has 0 N–H and O–H groups in total. The van der Waals surface area contributed by atoms with E-state index in [4.69, 9.17) is 9.72 Å². The average Bonchev–Trinajstić information content (AvgIpc) is 2.92. The number of hydrogen-bond acceptors (Lipinski definition) is 5. The molecule has 198 valence electrons. The van der Waals surface area contributed by atoms with E-state index < -0.39 is 0 Å². The van der Waals surface area contributed by atoms with Crippen molar-refractivity contribution in [1.29, 1.82) is 0 Å². The third kappa shape index (κ3) is 4.66. The molecule has 0 unspecified atom stereocenters. The first-order valence-corrected chi connectivity index (χ1v) is 15.0. The summed E-state index contributed by atoms with van der Waals surface area (Å²) in [5.41, 5.74) is 4.44. The summed E-state index contributed by atoms with van der Waals surface area (Å²) in [6.45, 7) is 4.81. The molecule has 6 rings (SSSR count). The molecular formula is C32H36N2O3S. The third-order valence-corrected chi connectivity index (χ3v) is 9.64. The van der Waals surface area contributed by atoms with E-state index in [1.54, 1.807) is 0 Å². The Bertz CT molecular complexity index is 1410. The standard InChI is InChI=1S/C32H36N2O3S/c1-31(2)20-24(15-18-37-31)34-29(36)27-28(33-30(34)38-21-26(35)22-11-5-3-6-12-22)25-14-8-7-13-23(25)19-32(27)16-9-4-10-17-32/h3,5-8,11-14,24H,4,9-10,15-21H2,1-2H3/t24-/m1/s1. The van der Waals surface area contributed by atoms with Crippen molar-refractivity contribution in [2.75, 3.05) is 12.4 Å². The largest absolute Gasteiger partial charge is 0.375 e. The van der Waals surface area contributed by atoms with Crippen LogP contribution in [0.5, 0.6) is 0 Å². The second-order valence-corrected chi connectivity index (χ2v) is 12.7. The van der Waals surface area contributed by atoms with Crippen molar-refractivity contribution in [3.63, 3.8) is 0 Å². The maximum Gasteiger partial charge on any atom is 0.258 e. The molecule has 2 fully saturated rings. The molecule has 1 atom stereocenters. The lowest BCUT2D eigenvalue weighted by molar-refractivity contribution is -0.0710. The molecule has 2 heterocycles. The van der Waals surface area contributed by atoms with Crippen LogP contribution in [0.15, 0.2) is 64.5 Å². The molecule has 2 aliphatic carbocycles. The Kier molecular flexibility index (Phi) is 6.81. The molecule has 0 amide bonds. The van der Waals surface area contributed by atoms with Gasteiger partial charge in [-0.05, 0) is 51.5 Å². The minimum Gasteiger partial charge on any atom is -0.375 e. The van der Waals surface area contributed by atoms with Crippen LogP contribution in [0.2, 0.25) is 0 Å². The Hall–Kier alpha value is -2.70. The number of carbonyl (C=O) groups is 1. The molecule has 3 aromatic rings. The highest BCUT2D eigenvalue weighted by Gasteiger charge is 2.44. The van der Waals surface area contributed by atoms with Gasteiger partial charge in [0.15, 0.2) is 10.9 Å². The topological polar surface area (TPSA) is 61.2 Å². The van der Waals surface area contributed by atoms with Gasteiger partial charge in [0.25, 0.3) is 5.56 Å². The quantitative estimate of drug-likeness (QED) is 0.208. The highest BCUT2D eigenvalue weighted by molar-refractivity contribution is 7.99. The van der Waals surface area contributed by atoms with Crippen molar-refractivity contribution in [3.05, 3.63) is 81.6 Å². The summed E-state index contributed by atoms with van der Waals surface area (Å²) in [5, 5.41) is 0.656. The van der Waals surface area contributed by atoms with Crippen LogP contribution in [0.25, 0.3) is 11.3 Å². The number of nitrogens with zero attached hydrogens (tertiary/aromatic N) is 2. The Morgan fingerprint density at radius 1 is 1.05 bits per heavy atom. The third-order valence-electron chi connectivity index (χ3n) is 8.69. The SMILES string of the molecule is CC1(C)C[C@H](n2c(SCC(=O)c3ccccc3)nc3c(c2=O)C2(CCCCC2)Cc2ccccc2-3)CCO1. The number of benzene rings is 2. The van der Waals surface area contributed by atoms with E-state index >= 15 is 0 Å². The van der Waals surface area contributed by atoms with E-state index in [0.29, 0.717) is 17.3 Å². The van der Waals surface area contributed by atoms with Crippen LogP contribution in [0.1, 0.15) is 86.3 Å². The zero-order chi connectivity index (χ0) is 26.3. The molecule has 38 heavy (non-hydrogen) atoms. The molecule has 0 bridgehead atoms. The molecule has 6 heteroatoms. The van der Waals surface area contributed by atoms with Crippen molar-refractivity contribution in [2.24, 2.45) is 0 Å². The Balaban J connectivity index is 1.50. The highest BCUT2D eigenvalue weighted by Crippen LogP contribution is 2.49. The first-order chi connectivity index (χ1) is 18.4. The van der Waals surface area contributed by atoms with Gasteiger partial charge in [0.05, 0.1) is 22.6 Å². The molecule has 3 aliphatic rings. The maximum atomic E-state index is 14.7. The number of ketones is 1. The predicted molar refractivity (Wildman–Crippen MR) is 152 cm³/mol. The lowest BCUT2D eigenvalue weighted by Gasteiger charge is -2.43. The van der Waals surface area contributed by atoms with Gasteiger partial charge in [0.1, 0.15) is 0 Å². The summed E-state index contributed by atoms with van der Waals surface area (Å²) in [6.07, 6.45) is 8.01. The van der Waals surface area contributed by atoms with Crippen molar-refractivity contribution in [2.45, 2.75) is 87.4 Å². The van der Waals surface area contributed by atoms with Gasteiger partial charge in [0.2, 0.25) is 0 Å². The molecule has 0 radical (unpaired) electrons. The van der Waals surface area contributed by atoms with E-state index in [2.05, 4.69) is 32.0 Å². The van der Waals surface area contributed by atoms with E-state index in [-0.39, 0.29) is 34.2 Å². The minimum absolute atomic E-state index is 0.00353. The highest BCUT2D eigenvalue weighted by atomic mass is 32.2. The van der Waals surface area contributed by atoms with Gasteiger partial charge >= 0.3 is 0 Å². The number of ether oxygens (including phenoxy) is 1. The van der Waals surface area contributed by atoms with Gasteiger partial charge in [-0.25, -0.2) is 4.98 Å². The number of rotatable bonds is 5. The first-order valence-electron chi connectivity index (χ1n) is 14.0. The van der Waals surface area contributed by atoms with Gasteiger partial charge in [-0.3, -0.25) is 14.2 Å². The molecular weight excluding hydrogens is 492 g/mol. The Morgan fingerprint density at radius 2 is 1.79 bits per heavy atom. The summed E-state index contributed by atoms with van der Waals surface area (Å²) in [4.78, 5) is 33.1.